The van der Waals surface area contributed by atoms with Gasteiger partial charge in [-0.15, -0.1) is 11.3 Å². The number of fused-ring (bicyclic) bond motifs is 3. The van der Waals surface area contributed by atoms with E-state index in [1.807, 2.05) is 52.9 Å². The standard InChI is InChI=1S/C20H15ClN2O2S/c21-12-7-8-18-14(10-12)16-11-15(13-4-1-2-5-17(13)24)22-23(16)20(25-18)19-6-3-9-26-19/h1-10,16,20,24H,11H2/t16-,20+/m1/s1. The number of phenols is 1. The maximum absolute atomic E-state index is 10.2. The number of hydrazone groups is 1. The molecule has 0 fully saturated rings. The molecule has 0 saturated carbocycles. The van der Waals surface area contributed by atoms with Crippen molar-refractivity contribution in [3.05, 3.63) is 81.0 Å². The Kier molecular flexibility index (Phi) is 3.65. The summed E-state index contributed by atoms with van der Waals surface area (Å²) in [6.45, 7) is 0. The molecule has 3 heterocycles. The molecule has 0 radical (unpaired) electrons. The van der Waals surface area contributed by atoms with Crippen molar-refractivity contribution < 1.29 is 9.84 Å². The molecule has 5 rings (SSSR count). The monoisotopic (exact) mass is 382 g/mol. The van der Waals surface area contributed by atoms with Crippen LogP contribution in [0, 0.1) is 0 Å². The molecule has 2 aliphatic heterocycles. The highest BCUT2D eigenvalue weighted by atomic mass is 35.5. The normalized spacial score (nSPS) is 21.0. The Morgan fingerprint density at radius 3 is 2.85 bits per heavy atom. The molecule has 3 aromatic rings. The minimum Gasteiger partial charge on any atom is -0.507 e. The predicted octanol–water partition coefficient (Wildman–Crippen LogP) is 5.35. The fourth-order valence-corrected chi connectivity index (χ4v) is 4.48. The molecule has 2 aliphatic rings. The lowest BCUT2D eigenvalue weighted by Gasteiger charge is -2.37. The third-order valence-electron chi connectivity index (χ3n) is 4.75. The van der Waals surface area contributed by atoms with Crippen molar-refractivity contribution in [2.24, 2.45) is 5.10 Å². The molecular weight excluding hydrogens is 368 g/mol. The van der Waals surface area contributed by atoms with Gasteiger partial charge in [-0.3, -0.25) is 0 Å². The molecule has 2 atom stereocenters. The van der Waals surface area contributed by atoms with Crippen LogP contribution >= 0.6 is 22.9 Å². The summed E-state index contributed by atoms with van der Waals surface area (Å²) in [5.41, 5.74) is 2.64. The number of hydrogen-bond acceptors (Lipinski definition) is 5. The summed E-state index contributed by atoms with van der Waals surface area (Å²) in [6, 6.07) is 17.1. The first-order chi connectivity index (χ1) is 12.7. The predicted molar refractivity (Wildman–Crippen MR) is 103 cm³/mol. The van der Waals surface area contributed by atoms with Crippen LogP contribution in [-0.4, -0.2) is 15.8 Å². The van der Waals surface area contributed by atoms with Gasteiger partial charge in [-0.25, -0.2) is 5.01 Å². The molecule has 1 aromatic heterocycles. The second kappa shape index (κ2) is 6.04. The Balaban J connectivity index is 1.62. The number of aromatic hydroxyl groups is 1. The van der Waals surface area contributed by atoms with Crippen molar-refractivity contribution >= 4 is 28.6 Å². The summed E-state index contributed by atoms with van der Waals surface area (Å²) >= 11 is 7.88. The Morgan fingerprint density at radius 2 is 2.04 bits per heavy atom. The van der Waals surface area contributed by atoms with Crippen molar-refractivity contribution in [2.45, 2.75) is 18.7 Å². The average molecular weight is 383 g/mol. The van der Waals surface area contributed by atoms with Crippen molar-refractivity contribution in [3.8, 4) is 11.5 Å². The van der Waals surface area contributed by atoms with Crippen LogP contribution < -0.4 is 4.74 Å². The summed E-state index contributed by atoms with van der Waals surface area (Å²) in [6.07, 6.45) is 0.410. The van der Waals surface area contributed by atoms with Crippen LogP contribution in [0.2, 0.25) is 5.02 Å². The van der Waals surface area contributed by atoms with Gasteiger partial charge in [0.25, 0.3) is 0 Å². The van der Waals surface area contributed by atoms with Crippen LogP contribution in [0.15, 0.2) is 65.1 Å². The number of phenolic OH excluding ortho intramolecular Hbond substituents is 1. The SMILES string of the molecule is Oc1ccccc1C1=NN2[C@H](C1)c1cc(Cl)ccc1O[C@H]2c1cccs1. The van der Waals surface area contributed by atoms with E-state index in [-0.39, 0.29) is 18.0 Å². The quantitative estimate of drug-likeness (QED) is 0.649. The van der Waals surface area contributed by atoms with Gasteiger partial charge in [0.05, 0.1) is 16.6 Å². The average Bonchev–Trinajstić information content (AvgIpc) is 3.32. The zero-order chi connectivity index (χ0) is 17.7. The summed E-state index contributed by atoms with van der Waals surface area (Å²) in [5.74, 6) is 1.08. The van der Waals surface area contributed by atoms with E-state index in [4.69, 9.17) is 21.4 Å². The minimum absolute atomic E-state index is 0.0270. The summed E-state index contributed by atoms with van der Waals surface area (Å²) < 4.78 is 6.27. The highest BCUT2D eigenvalue weighted by Gasteiger charge is 2.41. The zero-order valence-electron chi connectivity index (χ0n) is 13.7. The van der Waals surface area contributed by atoms with Gasteiger partial charge in [0, 0.05) is 22.6 Å². The number of thiophene rings is 1. The second-order valence-electron chi connectivity index (χ2n) is 6.33. The van der Waals surface area contributed by atoms with Crippen LogP contribution in [0.1, 0.15) is 34.7 Å². The van der Waals surface area contributed by atoms with Crippen LogP contribution in [0.4, 0.5) is 0 Å². The Bertz CT molecular complexity index is 1000. The van der Waals surface area contributed by atoms with Gasteiger partial charge < -0.3 is 9.84 Å². The third kappa shape index (κ3) is 2.47. The van der Waals surface area contributed by atoms with Gasteiger partial charge in [0.15, 0.2) is 0 Å². The topological polar surface area (TPSA) is 45.1 Å². The van der Waals surface area contributed by atoms with E-state index in [1.165, 1.54) is 0 Å². The van der Waals surface area contributed by atoms with E-state index in [1.54, 1.807) is 17.4 Å². The molecule has 4 nitrogen and oxygen atoms in total. The maximum Gasteiger partial charge on any atom is 0.222 e. The van der Waals surface area contributed by atoms with Gasteiger partial charge in [-0.2, -0.15) is 5.10 Å². The first-order valence-corrected chi connectivity index (χ1v) is 9.60. The Labute approximate surface area is 159 Å². The van der Waals surface area contributed by atoms with Gasteiger partial charge in [0.1, 0.15) is 11.5 Å². The second-order valence-corrected chi connectivity index (χ2v) is 7.75. The number of hydrogen-bond donors (Lipinski definition) is 1. The highest BCUT2D eigenvalue weighted by molar-refractivity contribution is 7.10. The molecule has 0 bridgehead atoms. The van der Waals surface area contributed by atoms with E-state index < -0.39 is 0 Å². The van der Waals surface area contributed by atoms with Crippen LogP contribution in [-0.2, 0) is 0 Å². The first-order valence-electron chi connectivity index (χ1n) is 8.34. The number of benzene rings is 2. The van der Waals surface area contributed by atoms with E-state index >= 15 is 0 Å². The lowest BCUT2D eigenvalue weighted by Crippen LogP contribution is -2.33. The molecule has 1 N–H and O–H groups in total. The van der Waals surface area contributed by atoms with Gasteiger partial charge >= 0.3 is 0 Å². The lowest BCUT2D eigenvalue weighted by atomic mass is 9.96. The molecule has 0 spiro atoms. The van der Waals surface area contributed by atoms with Gasteiger partial charge in [0.2, 0.25) is 6.23 Å². The minimum atomic E-state index is -0.281. The van der Waals surface area contributed by atoms with Crippen molar-refractivity contribution in [3.63, 3.8) is 0 Å². The largest absolute Gasteiger partial charge is 0.507 e. The smallest absolute Gasteiger partial charge is 0.222 e. The van der Waals surface area contributed by atoms with E-state index in [9.17, 15) is 5.11 Å². The first kappa shape index (κ1) is 15.7. The van der Waals surface area contributed by atoms with Crippen LogP contribution in [0.25, 0.3) is 0 Å². The van der Waals surface area contributed by atoms with Gasteiger partial charge in [-0.05, 0) is 41.8 Å². The van der Waals surface area contributed by atoms with E-state index in [2.05, 4.69) is 6.07 Å². The van der Waals surface area contributed by atoms with Crippen molar-refractivity contribution in [1.82, 2.24) is 5.01 Å². The molecule has 0 amide bonds. The molecule has 0 unspecified atom stereocenters. The fraction of sp³-hybridized carbons (Fsp3) is 0.150. The highest BCUT2D eigenvalue weighted by Crippen LogP contribution is 2.49. The number of nitrogens with zero attached hydrogens (tertiary/aromatic N) is 2. The number of halogens is 1. The third-order valence-corrected chi connectivity index (χ3v) is 5.89. The molecule has 130 valence electrons. The summed E-state index contributed by atoms with van der Waals surface area (Å²) in [5, 5.41) is 19.8. The van der Waals surface area contributed by atoms with Crippen LogP contribution in [0.3, 0.4) is 0 Å². The van der Waals surface area contributed by atoms with E-state index in [0.717, 1.165) is 27.5 Å². The molecule has 6 heteroatoms. The fourth-order valence-electron chi connectivity index (χ4n) is 3.56. The lowest BCUT2D eigenvalue weighted by molar-refractivity contribution is -0.0165. The van der Waals surface area contributed by atoms with Gasteiger partial charge in [-0.1, -0.05) is 29.8 Å². The summed E-state index contributed by atoms with van der Waals surface area (Å²) in [7, 11) is 0. The number of rotatable bonds is 2. The van der Waals surface area contributed by atoms with E-state index in [0.29, 0.717) is 11.4 Å². The molecule has 0 saturated heterocycles. The number of para-hydroxylation sites is 1. The molecule has 26 heavy (non-hydrogen) atoms. The number of ether oxygens (including phenoxy) is 1. The Morgan fingerprint density at radius 1 is 1.15 bits per heavy atom. The maximum atomic E-state index is 10.2. The Hall–Kier alpha value is -2.50. The molecular formula is C20H15ClN2O2S. The molecule has 2 aromatic carbocycles. The molecule has 0 aliphatic carbocycles. The van der Waals surface area contributed by atoms with Crippen LogP contribution in [0.5, 0.6) is 11.5 Å². The zero-order valence-corrected chi connectivity index (χ0v) is 15.2. The summed E-state index contributed by atoms with van der Waals surface area (Å²) in [4.78, 5) is 1.10. The van der Waals surface area contributed by atoms with Crippen molar-refractivity contribution in [1.29, 1.82) is 0 Å². The van der Waals surface area contributed by atoms with Crippen molar-refractivity contribution in [2.75, 3.05) is 0 Å².